The van der Waals surface area contributed by atoms with E-state index in [1.807, 2.05) is 45.0 Å². The van der Waals surface area contributed by atoms with Crippen LogP contribution in [0.5, 0.6) is 5.75 Å². The van der Waals surface area contributed by atoms with Crippen LogP contribution in [0.1, 0.15) is 22.5 Å². The number of halogens is 1. The van der Waals surface area contributed by atoms with Crippen molar-refractivity contribution in [2.75, 3.05) is 13.6 Å². The van der Waals surface area contributed by atoms with E-state index >= 15 is 0 Å². The molecule has 1 heterocycles. The summed E-state index contributed by atoms with van der Waals surface area (Å²) in [7, 11) is 1.76. The van der Waals surface area contributed by atoms with E-state index in [1.54, 1.807) is 18.4 Å². The Morgan fingerprint density at radius 1 is 1.33 bits per heavy atom. The molecule has 1 aromatic carbocycles. The number of ether oxygens (including phenoxy) is 1. The van der Waals surface area contributed by atoms with E-state index < -0.39 is 0 Å². The fraction of sp³-hybridized carbons (Fsp3) is 0.412. The SMILES string of the molecule is CN=C(NCc1sc(C)nc1C)NCC(C)Oc1ccccc1Br. The molecule has 2 rings (SSSR count). The molecular formula is C17H23BrN4OS. The Hall–Kier alpha value is -1.60. The van der Waals surface area contributed by atoms with E-state index in [4.69, 9.17) is 4.74 Å². The zero-order valence-corrected chi connectivity index (χ0v) is 16.8. The van der Waals surface area contributed by atoms with Crippen LogP contribution in [0.25, 0.3) is 0 Å². The van der Waals surface area contributed by atoms with Gasteiger partial charge in [0, 0.05) is 11.9 Å². The summed E-state index contributed by atoms with van der Waals surface area (Å²) in [5.74, 6) is 1.59. The third kappa shape index (κ3) is 5.49. The van der Waals surface area contributed by atoms with Gasteiger partial charge in [-0.3, -0.25) is 4.99 Å². The molecule has 0 fully saturated rings. The van der Waals surface area contributed by atoms with Crippen molar-refractivity contribution in [1.82, 2.24) is 15.6 Å². The second-order valence-electron chi connectivity index (χ2n) is 5.41. The third-order valence-corrected chi connectivity index (χ3v) is 5.09. The van der Waals surface area contributed by atoms with Crippen molar-refractivity contribution in [2.45, 2.75) is 33.4 Å². The van der Waals surface area contributed by atoms with Crippen molar-refractivity contribution < 1.29 is 4.74 Å². The number of thiazole rings is 1. The third-order valence-electron chi connectivity index (χ3n) is 3.36. The highest BCUT2D eigenvalue weighted by Gasteiger charge is 2.09. The van der Waals surface area contributed by atoms with Gasteiger partial charge in [0.1, 0.15) is 11.9 Å². The molecule has 5 nitrogen and oxygen atoms in total. The Morgan fingerprint density at radius 3 is 2.71 bits per heavy atom. The number of hydrogen-bond acceptors (Lipinski definition) is 4. The average molecular weight is 411 g/mol. The molecule has 0 saturated carbocycles. The number of guanidine groups is 1. The summed E-state index contributed by atoms with van der Waals surface area (Å²) in [6, 6.07) is 7.84. The van der Waals surface area contributed by atoms with Crippen molar-refractivity contribution >= 4 is 33.2 Å². The highest BCUT2D eigenvalue weighted by molar-refractivity contribution is 9.10. The van der Waals surface area contributed by atoms with E-state index in [0.717, 1.165) is 33.4 Å². The Bertz CT molecular complexity index is 702. The van der Waals surface area contributed by atoms with Gasteiger partial charge in [0.25, 0.3) is 0 Å². The lowest BCUT2D eigenvalue weighted by atomic mass is 10.3. The van der Waals surface area contributed by atoms with E-state index in [-0.39, 0.29) is 6.10 Å². The van der Waals surface area contributed by atoms with Crippen molar-refractivity contribution in [3.8, 4) is 5.75 Å². The number of aliphatic imine (C=N–C) groups is 1. The fourth-order valence-corrected chi connectivity index (χ4v) is 3.42. The van der Waals surface area contributed by atoms with Gasteiger partial charge in [0.2, 0.25) is 0 Å². The molecule has 0 aliphatic carbocycles. The summed E-state index contributed by atoms with van der Waals surface area (Å²) in [5.41, 5.74) is 1.08. The Balaban J connectivity index is 1.81. The second kappa shape index (κ2) is 9.03. The van der Waals surface area contributed by atoms with Crippen molar-refractivity contribution in [3.05, 3.63) is 44.3 Å². The van der Waals surface area contributed by atoms with Crippen LogP contribution >= 0.6 is 27.3 Å². The van der Waals surface area contributed by atoms with Gasteiger partial charge in [-0.05, 0) is 48.8 Å². The van der Waals surface area contributed by atoms with Crippen LogP contribution in [-0.2, 0) is 6.54 Å². The molecule has 0 aliphatic heterocycles. The zero-order chi connectivity index (χ0) is 17.5. The van der Waals surface area contributed by atoms with E-state index in [2.05, 4.69) is 36.5 Å². The van der Waals surface area contributed by atoms with Crippen LogP contribution in [0.2, 0.25) is 0 Å². The van der Waals surface area contributed by atoms with Gasteiger partial charge in [-0.2, -0.15) is 0 Å². The number of aryl methyl sites for hydroxylation is 2. The minimum atomic E-state index is 0.00892. The number of para-hydroxylation sites is 1. The fourth-order valence-electron chi connectivity index (χ4n) is 2.16. The molecule has 0 bridgehead atoms. The maximum absolute atomic E-state index is 5.93. The lowest BCUT2D eigenvalue weighted by molar-refractivity contribution is 0.222. The van der Waals surface area contributed by atoms with Gasteiger partial charge in [0.05, 0.1) is 28.3 Å². The maximum atomic E-state index is 5.93. The monoisotopic (exact) mass is 410 g/mol. The summed E-state index contributed by atoms with van der Waals surface area (Å²) in [5, 5.41) is 7.69. The largest absolute Gasteiger partial charge is 0.488 e. The molecule has 130 valence electrons. The molecule has 1 unspecified atom stereocenters. The van der Waals surface area contributed by atoms with Gasteiger partial charge in [0.15, 0.2) is 5.96 Å². The highest BCUT2D eigenvalue weighted by Crippen LogP contribution is 2.24. The van der Waals surface area contributed by atoms with Crippen LogP contribution in [0.4, 0.5) is 0 Å². The Labute approximate surface area is 155 Å². The highest BCUT2D eigenvalue weighted by atomic mass is 79.9. The van der Waals surface area contributed by atoms with E-state index in [1.165, 1.54) is 4.88 Å². The predicted octanol–water partition coefficient (Wildman–Crippen LogP) is 3.65. The quantitative estimate of drug-likeness (QED) is 0.563. The summed E-state index contributed by atoms with van der Waals surface area (Å²) in [4.78, 5) is 9.92. The first-order valence-electron chi connectivity index (χ1n) is 7.78. The number of rotatable bonds is 6. The molecule has 0 radical (unpaired) electrons. The van der Waals surface area contributed by atoms with Gasteiger partial charge >= 0.3 is 0 Å². The lowest BCUT2D eigenvalue weighted by Crippen LogP contribution is -2.41. The second-order valence-corrected chi connectivity index (χ2v) is 7.55. The molecular weight excluding hydrogens is 388 g/mol. The topological polar surface area (TPSA) is 58.5 Å². The smallest absolute Gasteiger partial charge is 0.191 e. The van der Waals surface area contributed by atoms with Crippen LogP contribution in [0, 0.1) is 13.8 Å². The first kappa shape index (κ1) is 18.7. The van der Waals surface area contributed by atoms with Gasteiger partial charge in [-0.15, -0.1) is 11.3 Å². The number of nitrogens with one attached hydrogen (secondary N) is 2. The van der Waals surface area contributed by atoms with E-state index in [9.17, 15) is 0 Å². The Kier molecular flexibility index (Phi) is 7.05. The van der Waals surface area contributed by atoms with Gasteiger partial charge in [-0.25, -0.2) is 4.98 Å². The number of benzene rings is 1. The summed E-state index contributed by atoms with van der Waals surface area (Å²) >= 11 is 5.20. The number of hydrogen-bond donors (Lipinski definition) is 2. The summed E-state index contributed by atoms with van der Waals surface area (Å²) < 4.78 is 6.88. The number of aromatic nitrogens is 1. The molecule has 0 saturated heterocycles. The van der Waals surface area contributed by atoms with Crippen molar-refractivity contribution in [1.29, 1.82) is 0 Å². The lowest BCUT2D eigenvalue weighted by Gasteiger charge is -2.18. The minimum absolute atomic E-state index is 0.00892. The molecule has 1 atom stereocenters. The molecule has 0 aliphatic rings. The summed E-state index contributed by atoms with van der Waals surface area (Å²) in [6.45, 7) is 7.45. The first-order chi connectivity index (χ1) is 11.5. The van der Waals surface area contributed by atoms with Crippen molar-refractivity contribution in [3.63, 3.8) is 0 Å². The molecule has 1 aromatic heterocycles. The van der Waals surface area contributed by atoms with Crippen LogP contribution < -0.4 is 15.4 Å². The van der Waals surface area contributed by atoms with E-state index in [0.29, 0.717) is 6.54 Å². The number of nitrogens with zero attached hydrogens (tertiary/aromatic N) is 2. The Morgan fingerprint density at radius 2 is 2.08 bits per heavy atom. The normalized spacial score (nSPS) is 12.8. The average Bonchev–Trinajstić information content (AvgIpc) is 2.87. The first-order valence-corrected chi connectivity index (χ1v) is 9.39. The van der Waals surface area contributed by atoms with Crippen molar-refractivity contribution in [2.24, 2.45) is 4.99 Å². The molecule has 0 spiro atoms. The predicted molar refractivity (Wildman–Crippen MR) is 104 cm³/mol. The van der Waals surface area contributed by atoms with Crippen LogP contribution in [-0.4, -0.2) is 30.6 Å². The van der Waals surface area contributed by atoms with Gasteiger partial charge in [-0.1, -0.05) is 12.1 Å². The van der Waals surface area contributed by atoms with Gasteiger partial charge < -0.3 is 15.4 Å². The summed E-state index contributed by atoms with van der Waals surface area (Å²) in [6.07, 6.45) is 0.00892. The zero-order valence-electron chi connectivity index (χ0n) is 14.4. The molecule has 7 heteroatoms. The molecule has 2 aromatic rings. The minimum Gasteiger partial charge on any atom is -0.488 e. The van der Waals surface area contributed by atoms with Crippen LogP contribution in [0.3, 0.4) is 0 Å². The molecule has 24 heavy (non-hydrogen) atoms. The molecule has 2 N–H and O–H groups in total. The van der Waals surface area contributed by atoms with Crippen LogP contribution in [0.15, 0.2) is 33.7 Å². The standard InChI is InChI=1S/C17H23BrN4OS/c1-11(23-15-8-6-5-7-14(15)18)9-20-17(19-4)21-10-16-12(2)22-13(3)24-16/h5-8,11H,9-10H2,1-4H3,(H2,19,20,21). The molecule has 0 amide bonds. The maximum Gasteiger partial charge on any atom is 0.191 e.